The van der Waals surface area contributed by atoms with E-state index in [2.05, 4.69) is 26.0 Å². The van der Waals surface area contributed by atoms with Gasteiger partial charge in [-0.2, -0.15) is 0 Å². The minimum atomic E-state index is -4.36. The molecule has 0 amide bonds. The number of ether oxygens (including phenoxy) is 2. The molecule has 3 N–H and O–H groups in total. The summed E-state index contributed by atoms with van der Waals surface area (Å²) >= 11 is 0. The number of esters is 2. The second-order valence-corrected chi connectivity index (χ2v) is 12.8. The summed E-state index contributed by atoms with van der Waals surface area (Å²) in [6.07, 6.45) is 26.8. The predicted octanol–water partition coefficient (Wildman–Crippen LogP) is 8.71. The van der Waals surface area contributed by atoms with Gasteiger partial charge in [0.2, 0.25) is 0 Å². The normalized spacial score (nSPS) is 13.7. The minimum Gasteiger partial charge on any atom is -0.462 e. The van der Waals surface area contributed by atoms with Crippen molar-refractivity contribution in [3.05, 3.63) is 12.2 Å². The van der Waals surface area contributed by atoms with Crippen LogP contribution < -0.4 is 5.73 Å². The number of hydrogen-bond acceptors (Lipinski definition) is 8. The van der Waals surface area contributed by atoms with Gasteiger partial charge in [-0.15, -0.1) is 0 Å². The third-order valence-corrected chi connectivity index (χ3v) is 8.14. The van der Waals surface area contributed by atoms with Gasteiger partial charge in [0.15, 0.2) is 6.10 Å². The van der Waals surface area contributed by atoms with E-state index in [0.29, 0.717) is 6.42 Å². The highest BCUT2D eigenvalue weighted by atomic mass is 31.2. The van der Waals surface area contributed by atoms with E-state index in [-0.39, 0.29) is 32.6 Å². The maximum atomic E-state index is 12.4. The topological polar surface area (TPSA) is 134 Å². The molecule has 0 radical (unpaired) electrons. The highest BCUT2D eigenvalue weighted by Gasteiger charge is 2.25. The van der Waals surface area contributed by atoms with E-state index in [1.54, 1.807) is 0 Å². The first-order chi connectivity index (χ1) is 20.8. The zero-order valence-corrected chi connectivity index (χ0v) is 28.3. The molecule has 0 heterocycles. The first-order valence-corrected chi connectivity index (χ1v) is 18.7. The molecule has 0 saturated carbocycles. The summed E-state index contributed by atoms with van der Waals surface area (Å²) in [6, 6.07) is 0. The number of nitrogens with two attached hydrogens (primary N) is 1. The van der Waals surface area contributed by atoms with Crippen molar-refractivity contribution in [1.29, 1.82) is 0 Å². The van der Waals surface area contributed by atoms with Gasteiger partial charge in [0.25, 0.3) is 0 Å². The molecule has 9 nitrogen and oxygen atoms in total. The molecule has 2 atom stereocenters. The summed E-state index contributed by atoms with van der Waals surface area (Å²) in [6.45, 7) is 3.66. The summed E-state index contributed by atoms with van der Waals surface area (Å²) in [4.78, 5) is 34.4. The zero-order chi connectivity index (χ0) is 31.9. The Labute approximate surface area is 262 Å². The van der Waals surface area contributed by atoms with Crippen LogP contribution in [-0.4, -0.2) is 49.3 Å². The lowest BCUT2D eigenvalue weighted by Gasteiger charge is -2.19. The van der Waals surface area contributed by atoms with Crippen molar-refractivity contribution in [2.75, 3.05) is 26.4 Å². The Morgan fingerprint density at radius 2 is 1.14 bits per heavy atom. The second-order valence-electron chi connectivity index (χ2n) is 11.4. The molecule has 0 aromatic heterocycles. The number of carbonyl (C=O) groups excluding carboxylic acids is 2. The Balaban J connectivity index is 4.24. The average molecular weight is 634 g/mol. The number of phosphoric acid groups is 1. The predicted molar refractivity (Wildman–Crippen MR) is 174 cm³/mol. The van der Waals surface area contributed by atoms with Crippen molar-refractivity contribution in [2.45, 2.75) is 161 Å². The quantitative estimate of drug-likeness (QED) is 0.0323. The molecular formula is C33H64NO8P. The van der Waals surface area contributed by atoms with Crippen molar-refractivity contribution < 1.29 is 37.6 Å². The van der Waals surface area contributed by atoms with Crippen molar-refractivity contribution in [1.82, 2.24) is 0 Å². The maximum absolute atomic E-state index is 12.4. The third kappa shape index (κ3) is 30.6. The standard InChI is InChI=1S/C33H64NO8P/c1-3-5-7-9-11-13-14-15-16-17-18-20-21-23-25-32(35)39-29-31(30-41-43(37,38)40-28-27-34)42-33(36)26-24-22-19-12-10-8-6-4-2/h14-15,31H,3-13,16-30,34H2,1-2H3,(H,37,38)/b15-14+/t31-/m0/s1. The summed E-state index contributed by atoms with van der Waals surface area (Å²) in [5.41, 5.74) is 5.31. The lowest BCUT2D eigenvalue weighted by molar-refractivity contribution is -0.161. The van der Waals surface area contributed by atoms with Gasteiger partial charge >= 0.3 is 19.8 Å². The molecule has 10 heteroatoms. The molecule has 0 rings (SSSR count). The van der Waals surface area contributed by atoms with E-state index in [0.717, 1.165) is 57.8 Å². The fraction of sp³-hybridized carbons (Fsp3) is 0.879. The Hall–Kier alpha value is -1.25. The first-order valence-electron chi connectivity index (χ1n) is 17.2. The molecule has 1 unspecified atom stereocenters. The lowest BCUT2D eigenvalue weighted by Crippen LogP contribution is -2.29. The second kappa shape index (κ2) is 30.8. The van der Waals surface area contributed by atoms with E-state index < -0.39 is 32.5 Å². The molecule has 0 bridgehead atoms. The smallest absolute Gasteiger partial charge is 0.462 e. The maximum Gasteiger partial charge on any atom is 0.472 e. The molecule has 0 aromatic rings. The molecule has 43 heavy (non-hydrogen) atoms. The van der Waals surface area contributed by atoms with Gasteiger partial charge < -0.3 is 20.1 Å². The van der Waals surface area contributed by atoms with Crippen molar-refractivity contribution in [2.24, 2.45) is 5.73 Å². The van der Waals surface area contributed by atoms with Crippen LogP contribution in [0.4, 0.5) is 0 Å². The molecule has 0 spiro atoms. The third-order valence-electron chi connectivity index (χ3n) is 7.15. The van der Waals surface area contributed by atoms with E-state index in [1.807, 2.05) is 0 Å². The number of allylic oxidation sites excluding steroid dienone is 2. The summed E-state index contributed by atoms with van der Waals surface area (Å²) in [5.74, 6) is -0.842. The van der Waals surface area contributed by atoms with Crippen LogP contribution >= 0.6 is 7.82 Å². The van der Waals surface area contributed by atoms with Gasteiger partial charge in [-0.3, -0.25) is 18.6 Å². The van der Waals surface area contributed by atoms with Crippen LogP contribution in [0.15, 0.2) is 12.2 Å². The van der Waals surface area contributed by atoms with Crippen LogP contribution in [-0.2, 0) is 32.7 Å². The van der Waals surface area contributed by atoms with Crippen molar-refractivity contribution in [3.63, 3.8) is 0 Å². The van der Waals surface area contributed by atoms with E-state index in [4.69, 9.17) is 24.3 Å². The SMILES string of the molecule is CCCCCCC/C=C/CCCCCCCC(=O)OC[C@@H](COP(=O)(O)OCCN)OC(=O)CCCCCCCCCC. The highest BCUT2D eigenvalue weighted by molar-refractivity contribution is 7.47. The van der Waals surface area contributed by atoms with E-state index in [9.17, 15) is 19.0 Å². The van der Waals surface area contributed by atoms with Gasteiger partial charge in [0.1, 0.15) is 6.61 Å². The van der Waals surface area contributed by atoms with E-state index in [1.165, 1.54) is 64.2 Å². The molecule has 0 aliphatic heterocycles. The average Bonchev–Trinajstić information content (AvgIpc) is 2.99. The van der Waals surface area contributed by atoms with Gasteiger partial charge in [-0.05, 0) is 38.5 Å². The fourth-order valence-electron chi connectivity index (χ4n) is 4.57. The molecular weight excluding hydrogens is 569 g/mol. The molecule has 0 saturated heterocycles. The van der Waals surface area contributed by atoms with Crippen molar-refractivity contribution >= 4 is 19.8 Å². The number of hydrogen-bond donors (Lipinski definition) is 2. The van der Waals surface area contributed by atoms with Crippen LogP contribution in [0.3, 0.4) is 0 Å². The molecule has 0 fully saturated rings. The monoisotopic (exact) mass is 633 g/mol. The number of unbranched alkanes of at least 4 members (excludes halogenated alkanes) is 17. The lowest BCUT2D eigenvalue weighted by atomic mass is 10.1. The number of rotatable bonds is 32. The molecule has 0 aliphatic rings. The summed E-state index contributed by atoms with van der Waals surface area (Å²) in [5, 5.41) is 0. The van der Waals surface area contributed by atoms with Gasteiger partial charge in [0, 0.05) is 19.4 Å². The van der Waals surface area contributed by atoms with Crippen LogP contribution in [0.2, 0.25) is 0 Å². The number of phosphoric ester groups is 1. The fourth-order valence-corrected chi connectivity index (χ4v) is 5.33. The van der Waals surface area contributed by atoms with Crippen molar-refractivity contribution in [3.8, 4) is 0 Å². The summed E-state index contributed by atoms with van der Waals surface area (Å²) < 4.78 is 32.4. The van der Waals surface area contributed by atoms with E-state index >= 15 is 0 Å². The van der Waals surface area contributed by atoms with Gasteiger partial charge in [-0.1, -0.05) is 116 Å². The van der Waals surface area contributed by atoms with Crippen LogP contribution in [0.1, 0.15) is 155 Å². The summed E-state index contributed by atoms with van der Waals surface area (Å²) in [7, 11) is -4.36. The Bertz CT molecular complexity index is 734. The Morgan fingerprint density at radius 3 is 1.65 bits per heavy atom. The van der Waals surface area contributed by atoms with Crippen LogP contribution in [0.25, 0.3) is 0 Å². The Morgan fingerprint density at radius 1 is 0.674 bits per heavy atom. The van der Waals surface area contributed by atoms with Crippen LogP contribution in [0, 0.1) is 0 Å². The number of carbonyl (C=O) groups is 2. The Kier molecular flexibility index (Phi) is 29.9. The minimum absolute atomic E-state index is 0.0544. The zero-order valence-electron chi connectivity index (χ0n) is 27.4. The first kappa shape index (κ1) is 41.8. The van der Waals surface area contributed by atoms with Gasteiger partial charge in [-0.25, -0.2) is 4.57 Å². The van der Waals surface area contributed by atoms with Gasteiger partial charge in [0.05, 0.1) is 13.2 Å². The molecule has 0 aromatic carbocycles. The van der Waals surface area contributed by atoms with Crippen LogP contribution in [0.5, 0.6) is 0 Å². The highest BCUT2D eigenvalue weighted by Crippen LogP contribution is 2.43. The molecule has 254 valence electrons. The molecule has 0 aliphatic carbocycles. The largest absolute Gasteiger partial charge is 0.472 e.